The van der Waals surface area contributed by atoms with Crippen LogP contribution in [0.4, 0.5) is 4.39 Å². The molecule has 1 aromatic carbocycles. The number of fused-ring (bicyclic) bond motifs is 1. The third-order valence-corrected chi connectivity index (χ3v) is 3.97. The summed E-state index contributed by atoms with van der Waals surface area (Å²) in [5.41, 5.74) is 1.09. The molecule has 1 amide bonds. The summed E-state index contributed by atoms with van der Waals surface area (Å²) < 4.78 is 21.2. The molecule has 0 aliphatic carbocycles. The SMILES string of the molecule is O=C(/C=C/c1ccc(-c2ccccc2F)o1)NCc1nnc2ccccn12. The smallest absolute Gasteiger partial charge is 0.244 e. The summed E-state index contributed by atoms with van der Waals surface area (Å²) in [5, 5.41) is 10.8. The minimum Gasteiger partial charge on any atom is -0.457 e. The van der Waals surface area contributed by atoms with Gasteiger partial charge in [-0.25, -0.2) is 4.39 Å². The molecular weight excluding hydrogens is 347 g/mol. The van der Waals surface area contributed by atoms with Gasteiger partial charge in [-0.15, -0.1) is 10.2 Å². The summed E-state index contributed by atoms with van der Waals surface area (Å²) in [6.45, 7) is 0.243. The lowest BCUT2D eigenvalue weighted by molar-refractivity contribution is -0.116. The molecule has 4 aromatic rings. The van der Waals surface area contributed by atoms with Crippen molar-refractivity contribution >= 4 is 17.6 Å². The number of pyridine rings is 1. The fraction of sp³-hybridized carbons (Fsp3) is 0.0500. The molecule has 27 heavy (non-hydrogen) atoms. The molecule has 4 rings (SSSR count). The minimum atomic E-state index is -0.361. The Kier molecular flexibility index (Phi) is 4.49. The van der Waals surface area contributed by atoms with Gasteiger partial charge in [0.05, 0.1) is 12.1 Å². The van der Waals surface area contributed by atoms with Gasteiger partial charge in [-0.05, 0) is 42.5 Å². The summed E-state index contributed by atoms with van der Waals surface area (Å²) in [5.74, 6) is 0.832. The van der Waals surface area contributed by atoms with Crippen LogP contribution in [0.2, 0.25) is 0 Å². The number of hydrogen-bond acceptors (Lipinski definition) is 4. The largest absolute Gasteiger partial charge is 0.457 e. The monoisotopic (exact) mass is 362 g/mol. The molecule has 3 heterocycles. The van der Waals surface area contributed by atoms with Gasteiger partial charge >= 0.3 is 0 Å². The van der Waals surface area contributed by atoms with Crippen LogP contribution in [0.15, 0.2) is 71.3 Å². The molecule has 0 atom stereocenters. The number of hydrogen-bond donors (Lipinski definition) is 1. The Bertz CT molecular complexity index is 1130. The Hall–Kier alpha value is -3.74. The number of amides is 1. The maximum atomic E-state index is 13.8. The Morgan fingerprint density at radius 3 is 2.85 bits per heavy atom. The van der Waals surface area contributed by atoms with Crippen molar-refractivity contribution in [2.75, 3.05) is 0 Å². The van der Waals surface area contributed by atoms with Crippen molar-refractivity contribution in [2.24, 2.45) is 0 Å². The topological polar surface area (TPSA) is 72.4 Å². The quantitative estimate of drug-likeness (QED) is 0.552. The van der Waals surface area contributed by atoms with E-state index in [1.807, 2.05) is 24.4 Å². The molecule has 0 saturated carbocycles. The minimum absolute atomic E-state index is 0.243. The standard InChI is InChI=1S/C20H15FN4O2/c21-16-6-2-1-5-15(16)17-10-8-14(27-17)9-11-20(26)22-13-19-24-23-18-7-3-4-12-25(18)19/h1-12H,13H2,(H,22,26)/b11-9+. The molecule has 1 N–H and O–H groups in total. The van der Waals surface area contributed by atoms with E-state index in [2.05, 4.69) is 15.5 Å². The van der Waals surface area contributed by atoms with Gasteiger partial charge in [0, 0.05) is 12.3 Å². The zero-order valence-corrected chi connectivity index (χ0v) is 14.2. The fourth-order valence-electron chi connectivity index (χ4n) is 2.64. The van der Waals surface area contributed by atoms with Crippen molar-refractivity contribution in [3.63, 3.8) is 0 Å². The van der Waals surface area contributed by atoms with Crippen molar-refractivity contribution in [1.82, 2.24) is 19.9 Å². The highest BCUT2D eigenvalue weighted by molar-refractivity contribution is 5.91. The average molecular weight is 362 g/mol. The van der Waals surface area contributed by atoms with E-state index in [1.165, 1.54) is 18.2 Å². The normalized spacial score (nSPS) is 11.3. The van der Waals surface area contributed by atoms with Crippen LogP contribution in [0.25, 0.3) is 23.0 Å². The zero-order valence-electron chi connectivity index (χ0n) is 14.2. The number of nitrogens with one attached hydrogen (secondary N) is 1. The lowest BCUT2D eigenvalue weighted by Gasteiger charge is -2.00. The first-order chi connectivity index (χ1) is 13.2. The van der Waals surface area contributed by atoms with Crippen LogP contribution in [-0.4, -0.2) is 20.5 Å². The highest BCUT2D eigenvalue weighted by Gasteiger charge is 2.08. The Labute approximate surface area is 154 Å². The molecule has 3 aromatic heterocycles. The number of carbonyl (C=O) groups excluding carboxylic acids is 1. The van der Waals surface area contributed by atoms with Gasteiger partial charge in [0.15, 0.2) is 11.5 Å². The number of furan rings is 1. The number of benzene rings is 1. The molecule has 0 radical (unpaired) electrons. The molecule has 7 heteroatoms. The van der Waals surface area contributed by atoms with Crippen LogP contribution < -0.4 is 5.32 Å². The summed E-state index contributed by atoms with van der Waals surface area (Å²) in [6, 6.07) is 15.3. The van der Waals surface area contributed by atoms with Crippen LogP contribution in [0.1, 0.15) is 11.6 Å². The predicted molar refractivity (Wildman–Crippen MR) is 98.0 cm³/mol. The van der Waals surface area contributed by atoms with Crippen molar-refractivity contribution in [2.45, 2.75) is 6.54 Å². The number of rotatable bonds is 5. The molecule has 0 spiro atoms. The van der Waals surface area contributed by atoms with E-state index in [4.69, 9.17) is 4.42 Å². The van der Waals surface area contributed by atoms with Gasteiger partial charge in [0.25, 0.3) is 0 Å². The maximum Gasteiger partial charge on any atom is 0.244 e. The van der Waals surface area contributed by atoms with Crippen LogP contribution >= 0.6 is 0 Å². The Morgan fingerprint density at radius 1 is 1.11 bits per heavy atom. The van der Waals surface area contributed by atoms with Gasteiger partial charge < -0.3 is 9.73 Å². The summed E-state index contributed by atoms with van der Waals surface area (Å²) >= 11 is 0. The molecule has 0 unspecified atom stereocenters. The molecule has 0 aliphatic heterocycles. The average Bonchev–Trinajstić information content (AvgIpc) is 3.32. The van der Waals surface area contributed by atoms with Gasteiger partial charge in [-0.3, -0.25) is 9.20 Å². The second-order valence-electron chi connectivity index (χ2n) is 5.78. The molecule has 0 aliphatic rings. The zero-order chi connectivity index (χ0) is 18.6. The highest BCUT2D eigenvalue weighted by atomic mass is 19.1. The van der Waals surface area contributed by atoms with Crippen molar-refractivity contribution in [1.29, 1.82) is 0 Å². The van der Waals surface area contributed by atoms with E-state index in [0.29, 0.717) is 28.6 Å². The second-order valence-corrected chi connectivity index (χ2v) is 5.78. The predicted octanol–water partition coefficient (Wildman–Crippen LogP) is 3.46. The Balaban J connectivity index is 1.40. The number of halogens is 1. The first-order valence-corrected chi connectivity index (χ1v) is 8.30. The molecule has 134 valence electrons. The van der Waals surface area contributed by atoms with E-state index in [-0.39, 0.29) is 18.3 Å². The molecule has 0 fully saturated rings. The molecular formula is C20H15FN4O2. The highest BCUT2D eigenvalue weighted by Crippen LogP contribution is 2.25. The van der Waals surface area contributed by atoms with Gasteiger partial charge in [-0.2, -0.15) is 0 Å². The summed E-state index contributed by atoms with van der Waals surface area (Å²) in [6.07, 6.45) is 4.72. The first-order valence-electron chi connectivity index (χ1n) is 8.30. The van der Waals surface area contributed by atoms with E-state index in [1.54, 1.807) is 34.7 Å². The summed E-state index contributed by atoms with van der Waals surface area (Å²) in [4.78, 5) is 12.0. The van der Waals surface area contributed by atoms with Gasteiger partial charge in [-0.1, -0.05) is 18.2 Å². The van der Waals surface area contributed by atoms with Crippen molar-refractivity contribution in [3.05, 3.63) is 84.3 Å². The number of carbonyl (C=O) groups is 1. The third-order valence-electron chi connectivity index (χ3n) is 3.97. The number of aromatic nitrogens is 3. The van der Waals surface area contributed by atoms with E-state index in [9.17, 15) is 9.18 Å². The number of nitrogens with zero attached hydrogens (tertiary/aromatic N) is 3. The third kappa shape index (κ3) is 3.62. The Morgan fingerprint density at radius 2 is 1.96 bits per heavy atom. The van der Waals surface area contributed by atoms with E-state index in [0.717, 1.165) is 0 Å². The lowest BCUT2D eigenvalue weighted by Crippen LogP contribution is -2.21. The molecule has 0 saturated heterocycles. The van der Waals surface area contributed by atoms with Crippen LogP contribution in [0.5, 0.6) is 0 Å². The molecule has 6 nitrogen and oxygen atoms in total. The van der Waals surface area contributed by atoms with Crippen LogP contribution in [0, 0.1) is 5.82 Å². The van der Waals surface area contributed by atoms with Crippen molar-refractivity contribution < 1.29 is 13.6 Å². The lowest BCUT2D eigenvalue weighted by atomic mass is 10.1. The second kappa shape index (κ2) is 7.25. The first kappa shape index (κ1) is 16.7. The molecule has 0 bridgehead atoms. The van der Waals surface area contributed by atoms with E-state index >= 15 is 0 Å². The fourth-order valence-corrected chi connectivity index (χ4v) is 2.64. The van der Waals surface area contributed by atoms with Gasteiger partial charge in [0.1, 0.15) is 17.3 Å². The van der Waals surface area contributed by atoms with Crippen LogP contribution in [-0.2, 0) is 11.3 Å². The maximum absolute atomic E-state index is 13.8. The summed E-state index contributed by atoms with van der Waals surface area (Å²) in [7, 11) is 0. The van der Waals surface area contributed by atoms with Crippen molar-refractivity contribution in [3.8, 4) is 11.3 Å². The van der Waals surface area contributed by atoms with Crippen LogP contribution in [0.3, 0.4) is 0 Å². The van der Waals surface area contributed by atoms with E-state index < -0.39 is 0 Å². The van der Waals surface area contributed by atoms with Gasteiger partial charge in [0.2, 0.25) is 5.91 Å².